The minimum absolute atomic E-state index is 0.194. The van der Waals surface area contributed by atoms with Crippen molar-refractivity contribution in [1.82, 2.24) is 0 Å². The Kier molecular flexibility index (Phi) is 9.12. The summed E-state index contributed by atoms with van der Waals surface area (Å²) in [5, 5.41) is 0. The summed E-state index contributed by atoms with van der Waals surface area (Å²) in [7, 11) is 0. The summed E-state index contributed by atoms with van der Waals surface area (Å²) in [5.74, 6) is 0.253. The Labute approximate surface area is 105 Å². The largest absolute Gasteiger partial charge is 0.435 e. The number of hydrogen-bond donors (Lipinski definition) is 0. The first-order valence-electron chi connectivity index (χ1n) is 6.20. The molecule has 0 bridgehead atoms. The Hall–Kier alpha value is -1.31. The molecule has 0 fully saturated rings. The van der Waals surface area contributed by atoms with Crippen molar-refractivity contribution >= 4 is 5.97 Å². The fourth-order valence-corrected chi connectivity index (χ4v) is 1.36. The monoisotopic (exact) mass is 236 g/mol. The Morgan fingerprint density at radius 2 is 2.12 bits per heavy atom. The van der Waals surface area contributed by atoms with Crippen molar-refractivity contribution in [1.29, 1.82) is 0 Å². The van der Waals surface area contributed by atoms with E-state index in [-0.39, 0.29) is 5.97 Å². The van der Waals surface area contributed by atoms with Crippen molar-refractivity contribution in [3.63, 3.8) is 0 Å². The van der Waals surface area contributed by atoms with Gasteiger partial charge in [0.15, 0.2) is 0 Å². The van der Waals surface area contributed by atoms with E-state index in [9.17, 15) is 4.79 Å². The second-order valence-electron chi connectivity index (χ2n) is 4.31. The van der Waals surface area contributed by atoms with Gasteiger partial charge in [-0.3, -0.25) is 4.79 Å². The van der Waals surface area contributed by atoms with Crippen molar-refractivity contribution < 1.29 is 9.53 Å². The van der Waals surface area contributed by atoms with Crippen LogP contribution < -0.4 is 0 Å². The summed E-state index contributed by atoms with van der Waals surface area (Å²) in [6.07, 6.45) is 11.0. The van der Waals surface area contributed by atoms with Gasteiger partial charge < -0.3 is 4.74 Å². The van der Waals surface area contributed by atoms with E-state index in [1.807, 2.05) is 12.2 Å². The van der Waals surface area contributed by atoms with Crippen LogP contribution in [0.1, 0.15) is 46.5 Å². The topological polar surface area (TPSA) is 26.3 Å². The lowest BCUT2D eigenvalue weighted by atomic mass is 9.99. The van der Waals surface area contributed by atoms with Gasteiger partial charge in [0.25, 0.3) is 0 Å². The van der Waals surface area contributed by atoms with Gasteiger partial charge in [-0.15, -0.1) is 6.58 Å². The fraction of sp³-hybridized carbons (Fsp3) is 0.533. The number of carbonyl (C=O) groups excluding carboxylic acids is 1. The van der Waals surface area contributed by atoms with E-state index in [0.717, 1.165) is 19.3 Å². The molecule has 0 aromatic carbocycles. The van der Waals surface area contributed by atoms with Crippen LogP contribution in [0.5, 0.6) is 0 Å². The lowest BCUT2D eigenvalue weighted by Crippen LogP contribution is -1.97. The summed E-state index contributed by atoms with van der Waals surface area (Å²) in [6, 6.07) is 0. The van der Waals surface area contributed by atoms with E-state index < -0.39 is 0 Å². The number of esters is 1. The number of allylic oxidation sites excluding steroid dienone is 4. The van der Waals surface area contributed by atoms with Gasteiger partial charge in [-0.1, -0.05) is 24.6 Å². The summed E-state index contributed by atoms with van der Waals surface area (Å²) in [5.41, 5.74) is 1.35. The van der Waals surface area contributed by atoms with E-state index in [1.165, 1.54) is 11.8 Å². The maximum Gasteiger partial charge on any atom is 0.310 e. The normalized spacial score (nSPS) is 12.2. The predicted molar refractivity (Wildman–Crippen MR) is 72.5 cm³/mol. The van der Waals surface area contributed by atoms with E-state index >= 15 is 0 Å². The van der Waals surface area contributed by atoms with Gasteiger partial charge in [0.05, 0.1) is 6.26 Å². The van der Waals surface area contributed by atoms with Crippen LogP contribution in [0.2, 0.25) is 0 Å². The van der Waals surface area contributed by atoms with Crippen molar-refractivity contribution in [2.45, 2.75) is 46.5 Å². The lowest BCUT2D eigenvalue weighted by Gasteiger charge is -2.07. The molecule has 0 saturated heterocycles. The summed E-state index contributed by atoms with van der Waals surface area (Å²) < 4.78 is 4.86. The highest BCUT2D eigenvalue weighted by atomic mass is 16.5. The van der Waals surface area contributed by atoms with E-state index in [2.05, 4.69) is 26.5 Å². The molecular weight excluding hydrogens is 212 g/mol. The number of carbonyl (C=O) groups is 1. The quantitative estimate of drug-likeness (QED) is 0.355. The molecule has 0 heterocycles. The van der Waals surface area contributed by atoms with Crippen LogP contribution in [0.4, 0.5) is 0 Å². The Morgan fingerprint density at radius 3 is 2.65 bits per heavy atom. The van der Waals surface area contributed by atoms with Crippen LogP contribution in [-0.2, 0) is 9.53 Å². The zero-order chi connectivity index (χ0) is 13.1. The SMILES string of the molecule is C=CC(CC=COC(=O)CC)CCC=C(C)C. The summed E-state index contributed by atoms with van der Waals surface area (Å²) in [4.78, 5) is 10.9. The molecule has 0 N–H and O–H groups in total. The average Bonchev–Trinajstić information content (AvgIpc) is 2.31. The molecule has 1 atom stereocenters. The van der Waals surface area contributed by atoms with Gasteiger partial charge in [-0.25, -0.2) is 0 Å². The predicted octanol–water partition coefficient (Wildman–Crippen LogP) is 4.39. The molecule has 2 nitrogen and oxygen atoms in total. The molecule has 0 aliphatic rings. The number of rotatable bonds is 8. The molecular formula is C15H24O2. The average molecular weight is 236 g/mol. The molecule has 0 spiro atoms. The molecule has 2 heteroatoms. The smallest absolute Gasteiger partial charge is 0.310 e. The standard InChI is InChI=1S/C15H24O2/c1-5-14(10-7-9-13(3)4)11-8-12-17-15(16)6-2/h5,8-9,12,14H,1,6-7,10-11H2,2-4H3. The van der Waals surface area contributed by atoms with E-state index in [0.29, 0.717) is 12.3 Å². The zero-order valence-electron chi connectivity index (χ0n) is 11.2. The van der Waals surface area contributed by atoms with Gasteiger partial charge in [-0.05, 0) is 45.1 Å². The molecule has 0 rings (SSSR count). The van der Waals surface area contributed by atoms with Crippen LogP contribution in [-0.4, -0.2) is 5.97 Å². The van der Waals surface area contributed by atoms with Gasteiger partial charge in [0.2, 0.25) is 0 Å². The zero-order valence-corrected chi connectivity index (χ0v) is 11.2. The first kappa shape index (κ1) is 15.7. The molecule has 0 amide bonds. The highest BCUT2D eigenvalue weighted by Gasteiger charge is 2.00. The van der Waals surface area contributed by atoms with Crippen LogP contribution in [0.25, 0.3) is 0 Å². The molecule has 96 valence electrons. The maximum absolute atomic E-state index is 10.9. The third-order valence-electron chi connectivity index (χ3n) is 2.45. The molecule has 0 aliphatic heterocycles. The van der Waals surface area contributed by atoms with Gasteiger partial charge >= 0.3 is 5.97 Å². The van der Waals surface area contributed by atoms with Crippen molar-refractivity contribution in [2.75, 3.05) is 0 Å². The molecule has 1 unspecified atom stereocenters. The first-order chi connectivity index (χ1) is 8.10. The van der Waals surface area contributed by atoms with Crippen LogP contribution in [0.3, 0.4) is 0 Å². The second kappa shape index (κ2) is 9.88. The minimum Gasteiger partial charge on any atom is -0.435 e. The number of ether oxygens (including phenoxy) is 1. The van der Waals surface area contributed by atoms with E-state index in [4.69, 9.17) is 4.74 Å². The Morgan fingerprint density at radius 1 is 1.41 bits per heavy atom. The summed E-state index contributed by atoms with van der Waals surface area (Å²) >= 11 is 0. The summed E-state index contributed by atoms with van der Waals surface area (Å²) in [6.45, 7) is 9.81. The molecule has 0 saturated carbocycles. The van der Waals surface area contributed by atoms with Gasteiger partial charge in [0.1, 0.15) is 0 Å². The first-order valence-corrected chi connectivity index (χ1v) is 6.20. The molecule has 0 aromatic rings. The fourth-order valence-electron chi connectivity index (χ4n) is 1.36. The maximum atomic E-state index is 10.9. The molecule has 0 aromatic heterocycles. The Balaban J connectivity index is 3.85. The van der Waals surface area contributed by atoms with Crippen LogP contribution in [0.15, 0.2) is 36.6 Å². The minimum atomic E-state index is -0.194. The van der Waals surface area contributed by atoms with Gasteiger partial charge in [-0.2, -0.15) is 0 Å². The molecule has 0 radical (unpaired) electrons. The number of hydrogen-bond acceptors (Lipinski definition) is 2. The third-order valence-corrected chi connectivity index (χ3v) is 2.45. The van der Waals surface area contributed by atoms with Crippen molar-refractivity contribution in [3.05, 3.63) is 36.6 Å². The van der Waals surface area contributed by atoms with Crippen LogP contribution >= 0.6 is 0 Å². The molecule has 17 heavy (non-hydrogen) atoms. The highest BCUT2D eigenvalue weighted by Crippen LogP contribution is 2.14. The van der Waals surface area contributed by atoms with Gasteiger partial charge in [0, 0.05) is 6.42 Å². The molecule has 0 aliphatic carbocycles. The van der Waals surface area contributed by atoms with Crippen molar-refractivity contribution in [3.8, 4) is 0 Å². The Bertz CT molecular complexity index is 283. The van der Waals surface area contributed by atoms with Crippen molar-refractivity contribution in [2.24, 2.45) is 5.92 Å². The van der Waals surface area contributed by atoms with Crippen LogP contribution in [0, 0.1) is 5.92 Å². The third kappa shape index (κ3) is 9.61. The van der Waals surface area contributed by atoms with E-state index in [1.54, 1.807) is 6.92 Å². The lowest BCUT2D eigenvalue weighted by molar-refractivity contribution is -0.137. The second-order valence-corrected chi connectivity index (χ2v) is 4.31. The highest BCUT2D eigenvalue weighted by molar-refractivity contribution is 5.69.